The van der Waals surface area contributed by atoms with Gasteiger partial charge in [0.25, 0.3) is 0 Å². The number of halogens is 1. The zero-order valence-electron chi connectivity index (χ0n) is 17.4. The van der Waals surface area contributed by atoms with Crippen molar-refractivity contribution < 1.29 is 9.53 Å². The molecule has 0 N–H and O–H groups in total. The van der Waals surface area contributed by atoms with E-state index in [0.29, 0.717) is 17.3 Å². The van der Waals surface area contributed by atoms with Gasteiger partial charge in [0.2, 0.25) is 5.88 Å². The molecule has 0 aliphatic heterocycles. The van der Waals surface area contributed by atoms with Gasteiger partial charge >= 0.3 is 5.97 Å². The fraction of sp³-hybridized carbons (Fsp3) is 0.333. The lowest BCUT2D eigenvalue weighted by Crippen LogP contribution is -2.18. The predicted molar refractivity (Wildman–Crippen MR) is 117 cm³/mol. The van der Waals surface area contributed by atoms with E-state index in [0.717, 1.165) is 23.4 Å². The van der Waals surface area contributed by atoms with Crippen molar-refractivity contribution in [3.8, 4) is 22.8 Å². The molecule has 5 heteroatoms. The normalized spacial score (nSPS) is 12.6. The lowest BCUT2D eigenvalue weighted by molar-refractivity contribution is -0.135. The van der Waals surface area contributed by atoms with Crippen molar-refractivity contribution >= 4 is 17.6 Å². The molecule has 152 valence electrons. The molecule has 0 bridgehead atoms. The molecule has 0 spiro atoms. The fourth-order valence-corrected chi connectivity index (χ4v) is 3.72. The Hall–Kier alpha value is -2.59. The molecule has 3 aromatic rings. The molecule has 1 heterocycles. The second-order valence-electron chi connectivity index (χ2n) is 8.67. The maximum absolute atomic E-state index is 12.6. The summed E-state index contributed by atoms with van der Waals surface area (Å²) in [5.41, 5.74) is 2.59. The van der Waals surface area contributed by atoms with E-state index in [1.165, 1.54) is 0 Å². The Morgan fingerprint density at radius 2 is 1.83 bits per heavy atom. The predicted octanol–water partition coefficient (Wildman–Crippen LogP) is 6.56. The molecule has 0 aliphatic rings. The van der Waals surface area contributed by atoms with Crippen LogP contribution in [0.25, 0.3) is 16.9 Å². The molecule has 1 unspecified atom stereocenters. The van der Waals surface area contributed by atoms with Crippen LogP contribution >= 0.6 is 11.6 Å². The third-order valence-electron chi connectivity index (χ3n) is 4.49. The standard InChI is InChI=1S/C24H27ClN2O2/c1-17(16-24(2,3)4)13-23(28)29-22-15-21(18-9-6-5-7-10-18)26-27(22)20-12-8-11-19(25)14-20/h5-12,14-15,17H,13,16H2,1-4H3. The van der Waals surface area contributed by atoms with Gasteiger partial charge in [-0.15, -0.1) is 0 Å². The van der Waals surface area contributed by atoms with Crippen LogP contribution in [0.4, 0.5) is 0 Å². The molecule has 3 rings (SSSR count). The summed E-state index contributed by atoms with van der Waals surface area (Å²) in [6.45, 7) is 8.61. The van der Waals surface area contributed by atoms with Gasteiger partial charge in [0, 0.05) is 23.1 Å². The topological polar surface area (TPSA) is 44.1 Å². The molecule has 29 heavy (non-hydrogen) atoms. The molecule has 0 amide bonds. The van der Waals surface area contributed by atoms with Crippen LogP contribution in [0.1, 0.15) is 40.5 Å². The third-order valence-corrected chi connectivity index (χ3v) is 4.73. The molecule has 0 saturated carbocycles. The van der Waals surface area contributed by atoms with E-state index in [4.69, 9.17) is 16.3 Å². The van der Waals surface area contributed by atoms with Crippen LogP contribution < -0.4 is 4.74 Å². The monoisotopic (exact) mass is 410 g/mol. The Morgan fingerprint density at radius 3 is 2.48 bits per heavy atom. The van der Waals surface area contributed by atoms with Gasteiger partial charge in [-0.2, -0.15) is 9.78 Å². The first-order valence-corrected chi connectivity index (χ1v) is 10.2. The highest BCUT2D eigenvalue weighted by Crippen LogP contribution is 2.29. The Kier molecular flexibility index (Phi) is 6.43. The number of esters is 1. The zero-order valence-corrected chi connectivity index (χ0v) is 18.1. The minimum absolute atomic E-state index is 0.169. The Morgan fingerprint density at radius 1 is 1.10 bits per heavy atom. The molecular weight excluding hydrogens is 384 g/mol. The van der Waals surface area contributed by atoms with Crippen molar-refractivity contribution in [2.75, 3.05) is 0 Å². The lowest BCUT2D eigenvalue weighted by Gasteiger charge is -2.22. The van der Waals surface area contributed by atoms with Crippen LogP contribution in [0.3, 0.4) is 0 Å². The fourth-order valence-electron chi connectivity index (χ4n) is 3.54. The number of hydrogen-bond acceptors (Lipinski definition) is 3. The van der Waals surface area contributed by atoms with Gasteiger partial charge in [0.15, 0.2) is 0 Å². The molecule has 0 fully saturated rings. The Bertz CT molecular complexity index is 974. The summed E-state index contributed by atoms with van der Waals surface area (Å²) in [5.74, 6) is 0.363. The number of carbonyl (C=O) groups excluding carboxylic acids is 1. The number of ether oxygens (including phenoxy) is 1. The largest absolute Gasteiger partial charge is 0.407 e. The van der Waals surface area contributed by atoms with Crippen molar-refractivity contribution in [2.45, 2.75) is 40.5 Å². The number of aromatic nitrogens is 2. The van der Waals surface area contributed by atoms with Crippen molar-refractivity contribution in [1.29, 1.82) is 0 Å². The Labute approximate surface area is 177 Å². The lowest BCUT2D eigenvalue weighted by atomic mass is 9.84. The van der Waals surface area contributed by atoms with Gasteiger partial charge in [-0.1, -0.05) is 75.7 Å². The Balaban J connectivity index is 1.88. The molecular formula is C24H27ClN2O2. The first-order chi connectivity index (χ1) is 13.7. The first kappa shape index (κ1) is 21.1. The molecule has 1 atom stereocenters. The molecule has 0 radical (unpaired) electrons. The van der Waals surface area contributed by atoms with Gasteiger partial charge < -0.3 is 4.74 Å². The van der Waals surface area contributed by atoms with Crippen molar-refractivity contribution in [1.82, 2.24) is 9.78 Å². The van der Waals surface area contributed by atoms with Crippen LogP contribution in [-0.2, 0) is 4.79 Å². The van der Waals surface area contributed by atoms with E-state index >= 15 is 0 Å². The molecule has 0 saturated heterocycles. The number of nitrogens with zero attached hydrogens (tertiary/aromatic N) is 2. The SMILES string of the molecule is CC(CC(=O)Oc1cc(-c2ccccc2)nn1-c1cccc(Cl)c1)CC(C)(C)C. The summed E-state index contributed by atoms with van der Waals surface area (Å²) < 4.78 is 7.37. The van der Waals surface area contributed by atoms with Crippen LogP contribution in [0.5, 0.6) is 5.88 Å². The summed E-state index contributed by atoms with van der Waals surface area (Å²) in [6, 6.07) is 18.9. The van der Waals surface area contributed by atoms with E-state index in [-0.39, 0.29) is 17.3 Å². The summed E-state index contributed by atoms with van der Waals surface area (Å²) in [5, 5.41) is 5.26. The minimum Gasteiger partial charge on any atom is -0.407 e. The third kappa shape index (κ3) is 5.94. The second kappa shape index (κ2) is 8.83. The van der Waals surface area contributed by atoms with Crippen molar-refractivity contribution in [2.24, 2.45) is 11.3 Å². The van der Waals surface area contributed by atoms with Gasteiger partial charge in [-0.05, 0) is 36.0 Å². The first-order valence-electron chi connectivity index (χ1n) is 9.83. The molecule has 2 aromatic carbocycles. The smallest absolute Gasteiger partial charge is 0.312 e. The highest BCUT2D eigenvalue weighted by molar-refractivity contribution is 6.30. The van der Waals surface area contributed by atoms with Gasteiger partial charge in [0.05, 0.1) is 11.4 Å². The van der Waals surface area contributed by atoms with E-state index in [1.807, 2.05) is 42.5 Å². The summed E-state index contributed by atoms with van der Waals surface area (Å²) in [7, 11) is 0. The number of hydrogen-bond donors (Lipinski definition) is 0. The van der Waals surface area contributed by atoms with Crippen molar-refractivity contribution in [3.63, 3.8) is 0 Å². The van der Waals surface area contributed by atoms with E-state index in [9.17, 15) is 4.79 Å². The van der Waals surface area contributed by atoms with Crippen LogP contribution in [0.2, 0.25) is 5.02 Å². The molecule has 4 nitrogen and oxygen atoms in total. The highest BCUT2D eigenvalue weighted by Gasteiger charge is 2.21. The molecule has 0 aliphatic carbocycles. The maximum atomic E-state index is 12.6. The van der Waals surface area contributed by atoms with Crippen LogP contribution in [-0.4, -0.2) is 15.7 Å². The average molecular weight is 411 g/mol. The van der Waals surface area contributed by atoms with E-state index in [1.54, 1.807) is 22.9 Å². The van der Waals surface area contributed by atoms with Crippen molar-refractivity contribution in [3.05, 3.63) is 65.7 Å². The second-order valence-corrected chi connectivity index (χ2v) is 9.11. The van der Waals surface area contributed by atoms with Gasteiger partial charge in [0.1, 0.15) is 0 Å². The van der Waals surface area contributed by atoms with E-state index in [2.05, 4.69) is 32.8 Å². The van der Waals surface area contributed by atoms with E-state index < -0.39 is 0 Å². The maximum Gasteiger partial charge on any atom is 0.312 e. The number of benzene rings is 2. The summed E-state index contributed by atoms with van der Waals surface area (Å²) in [6.07, 6.45) is 1.31. The zero-order chi connectivity index (χ0) is 21.0. The van der Waals surface area contributed by atoms with Gasteiger partial charge in [-0.25, -0.2) is 0 Å². The van der Waals surface area contributed by atoms with Crippen LogP contribution in [0.15, 0.2) is 60.7 Å². The summed E-state index contributed by atoms with van der Waals surface area (Å²) in [4.78, 5) is 12.6. The number of rotatable bonds is 6. The quantitative estimate of drug-likeness (QED) is 0.432. The highest BCUT2D eigenvalue weighted by atomic mass is 35.5. The van der Waals surface area contributed by atoms with Crippen LogP contribution in [0, 0.1) is 11.3 Å². The summed E-state index contributed by atoms with van der Waals surface area (Å²) >= 11 is 6.16. The number of carbonyl (C=O) groups is 1. The van der Waals surface area contributed by atoms with Gasteiger partial charge in [-0.3, -0.25) is 4.79 Å². The minimum atomic E-state index is -0.260. The molecule has 1 aromatic heterocycles. The average Bonchev–Trinajstić information content (AvgIpc) is 3.04.